The van der Waals surface area contributed by atoms with Gasteiger partial charge in [0.25, 0.3) is 0 Å². The minimum absolute atomic E-state index is 0.465. The van der Waals surface area contributed by atoms with Crippen LogP contribution >= 0.6 is 0 Å². The second-order valence-corrected chi connectivity index (χ2v) is 5.10. The van der Waals surface area contributed by atoms with Gasteiger partial charge in [0.2, 0.25) is 0 Å². The van der Waals surface area contributed by atoms with Gasteiger partial charge in [0.05, 0.1) is 6.20 Å². The van der Waals surface area contributed by atoms with Crippen molar-refractivity contribution in [3.63, 3.8) is 0 Å². The van der Waals surface area contributed by atoms with Gasteiger partial charge in [0.1, 0.15) is 12.2 Å². The van der Waals surface area contributed by atoms with E-state index in [0.717, 1.165) is 31.6 Å². The fraction of sp³-hybridized carbons (Fsp3) is 0.615. The Balaban J connectivity index is 1.51. The first kappa shape index (κ1) is 12.3. The summed E-state index contributed by atoms with van der Waals surface area (Å²) < 4.78 is 2.01. The number of hydrogen-bond acceptors (Lipinski definition) is 4. The van der Waals surface area contributed by atoms with E-state index in [-0.39, 0.29) is 0 Å². The molecule has 2 N–H and O–H groups in total. The van der Waals surface area contributed by atoms with E-state index in [9.17, 15) is 0 Å². The molecule has 19 heavy (non-hydrogen) atoms. The standard InChI is InChI=1S/C13H20N6/c1-19-12-5-2-4-11(10(12)8-17-19)14-7-3-6-13-15-9-16-18-13/h8-9,11,14H,2-7H2,1H3,(H,15,16,18). The van der Waals surface area contributed by atoms with Crippen molar-refractivity contribution in [1.82, 2.24) is 30.3 Å². The molecule has 0 saturated carbocycles. The summed E-state index contributed by atoms with van der Waals surface area (Å²) in [6, 6.07) is 0.465. The summed E-state index contributed by atoms with van der Waals surface area (Å²) >= 11 is 0. The lowest BCUT2D eigenvalue weighted by Gasteiger charge is -2.23. The van der Waals surface area contributed by atoms with Crippen LogP contribution in [0.5, 0.6) is 0 Å². The van der Waals surface area contributed by atoms with E-state index in [2.05, 4.69) is 25.6 Å². The number of rotatable bonds is 5. The Morgan fingerprint density at radius 3 is 3.32 bits per heavy atom. The van der Waals surface area contributed by atoms with Gasteiger partial charge >= 0.3 is 0 Å². The highest BCUT2D eigenvalue weighted by Gasteiger charge is 2.22. The van der Waals surface area contributed by atoms with E-state index in [1.165, 1.54) is 24.1 Å². The summed E-state index contributed by atoms with van der Waals surface area (Å²) in [4.78, 5) is 4.13. The highest BCUT2D eigenvalue weighted by atomic mass is 15.3. The first-order valence-corrected chi connectivity index (χ1v) is 6.93. The first-order valence-electron chi connectivity index (χ1n) is 6.93. The van der Waals surface area contributed by atoms with Crippen LogP contribution in [0.2, 0.25) is 0 Å². The molecule has 6 heteroatoms. The molecule has 0 aliphatic heterocycles. The molecule has 2 aromatic rings. The molecule has 6 nitrogen and oxygen atoms in total. The molecule has 0 bridgehead atoms. The normalized spacial score (nSPS) is 18.5. The van der Waals surface area contributed by atoms with E-state index in [0.29, 0.717) is 6.04 Å². The predicted octanol–water partition coefficient (Wildman–Crippen LogP) is 1.14. The molecule has 0 radical (unpaired) electrons. The number of nitrogens with zero attached hydrogens (tertiary/aromatic N) is 4. The van der Waals surface area contributed by atoms with E-state index < -0.39 is 0 Å². The lowest BCUT2D eigenvalue weighted by Crippen LogP contribution is -2.26. The molecule has 0 fully saturated rings. The maximum atomic E-state index is 4.37. The maximum Gasteiger partial charge on any atom is 0.137 e. The number of nitrogens with one attached hydrogen (secondary N) is 2. The molecule has 0 amide bonds. The van der Waals surface area contributed by atoms with Gasteiger partial charge in [0, 0.05) is 30.8 Å². The van der Waals surface area contributed by atoms with Gasteiger partial charge in [-0.1, -0.05) is 0 Å². The third-order valence-electron chi connectivity index (χ3n) is 3.82. The summed E-state index contributed by atoms with van der Waals surface area (Å²) in [5.41, 5.74) is 2.77. The third-order valence-corrected chi connectivity index (χ3v) is 3.82. The highest BCUT2D eigenvalue weighted by Crippen LogP contribution is 2.28. The van der Waals surface area contributed by atoms with E-state index in [1.54, 1.807) is 6.33 Å². The molecule has 0 aromatic carbocycles. The lowest BCUT2D eigenvalue weighted by atomic mass is 9.93. The monoisotopic (exact) mass is 260 g/mol. The molecule has 1 aliphatic carbocycles. The molecule has 2 heterocycles. The van der Waals surface area contributed by atoms with Crippen LogP contribution in [0.3, 0.4) is 0 Å². The second-order valence-electron chi connectivity index (χ2n) is 5.10. The van der Waals surface area contributed by atoms with Gasteiger partial charge in [-0.15, -0.1) is 0 Å². The molecule has 0 spiro atoms. The molecule has 2 aromatic heterocycles. The SMILES string of the molecule is Cn1ncc2c1CCCC2NCCCc1ncn[nH]1. The summed E-state index contributed by atoms with van der Waals surface area (Å²) in [5, 5.41) is 14.8. The molecule has 3 rings (SSSR count). The summed E-state index contributed by atoms with van der Waals surface area (Å²) in [7, 11) is 2.03. The maximum absolute atomic E-state index is 4.37. The van der Waals surface area contributed by atoms with Crippen molar-refractivity contribution >= 4 is 0 Å². The Bertz CT molecular complexity index is 515. The van der Waals surface area contributed by atoms with Crippen molar-refractivity contribution in [3.05, 3.63) is 29.6 Å². The van der Waals surface area contributed by atoms with Crippen molar-refractivity contribution < 1.29 is 0 Å². The van der Waals surface area contributed by atoms with E-state index >= 15 is 0 Å². The average molecular weight is 260 g/mol. The van der Waals surface area contributed by atoms with E-state index in [1.807, 2.05) is 17.9 Å². The minimum Gasteiger partial charge on any atom is -0.310 e. The lowest BCUT2D eigenvalue weighted by molar-refractivity contribution is 0.448. The third kappa shape index (κ3) is 2.68. The topological polar surface area (TPSA) is 71.4 Å². The number of aromatic amines is 1. The molecule has 1 atom stereocenters. The largest absolute Gasteiger partial charge is 0.310 e. The molecular weight excluding hydrogens is 240 g/mol. The van der Waals surface area contributed by atoms with Crippen LogP contribution in [-0.4, -0.2) is 31.5 Å². The van der Waals surface area contributed by atoms with Crippen molar-refractivity contribution in [3.8, 4) is 0 Å². The smallest absolute Gasteiger partial charge is 0.137 e. The zero-order valence-electron chi connectivity index (χ0n) is 11.3. The molecule has 1 aliphatic rings. The first-order chi connectivity index (χ1) is 9.34. The molecule has 102 valence electrons. The number of aromatic nitrogens is 5. The second kappa shape index (κ2) is 5.52. The average Bonchev–Trinajstić information content (AvgIpc) is 3.06. The van der Waals surface area contributed by atoms with Gasteiger partial charge in [-0.2, -0.15) is 10.2 Å². The van der Waals surface area contributed by atoms with Gasteiger partial charge < -0.3 is 5.32 Å². The van der Waals surface area contributed by atoms with Crippen molar-refractivity contribution in [2.75, 3.05) is 6.54 Å². The minimum atomic E-state index is 0.465. The predicted molar refractivity (Wildman–Crippen MR) is 71.6 cm³/mol. The van der Waals surface area contributed by atoms with Crippen LogP contribution in [0, 0.1) is 0 Å². The van der Waals surface area contributed by atoms with Gasteiger partial charge in [-0.25, -0.2) is 4.98 Å². The summed E-state index contributed by atoms with van der Waals surface area (Å²) in [6.07, 6.45) is 9.20. The number of hydrogen-bond donors (Lipinski definition) is 2. The Hall–Kier alpha value is -1.69. The van der Waals surface area contributed by atoms with Crippen LogP contribution in [0.25, 0.3) is 0 Å². The van der Waals surface area contributed by atoms with Crippen molar-refractivity contribution in [1.29, 1.82) is 0 Å². The Morgan fingerprint density at radius 1 is 1.53 bits per heavy atom. The highest BCUT2D eigenvalue weighted by molar-refractivity contribution is 5.24. The number of H-pyrrole nitrogens is 1. The fourth-order valence-electron chi connectivity index (χ4n) is 2.80. The van der Waals surface area contributed by atoms with Crippen LogP contribution in [0.1, 0.15) is 42.4 Å². The Morgan fingerprint density at radius 2 is 2.47 bits per heavy atom. The molecule has 0 saturated heterocycles. The van der Waals surface area contributed by atoms with Crippen molar-refractivity contribution in [2.24, 2.45) is 7.05 Å². The molecule has 1 unspecified atom stereocenters. The Labute approximate surface area is 112 Å². The van der Waals surface area contributed by atoms with Crippen molar-refractivity contribution in [2.45, 2.75) is 38.1 Å². The Kier molecular flexibility index (Phi) is 3.59. The van der Waals surface area contributed by atoms with E-state index in [4.69, 9.17) is 0 Å². The zero-order chi connectivity index (χ0) is 13.1. The fourth-order valence-corrected chi connectivity index (χ4v) is 2.80. The van der Waals surface area contributed by atoms with Crippen LogP contribution < -0.4 is 5.32 Å². The zero-order valence-corrected chi connectivity index (χ0v) is 11.3. The summed E-state index contributed by atoms with van der Waals surface area (Å²) in [5.74, 6) is 0.965. The van der Waals surface area contributed by atoms with Crippen LogP contribution in [-0.2, 0) is 19.9 Å². The van der Waals surface area contributed by atoms with Gasteiger partial charge in [0.15, 0.2) is 0 Å². The quantitative estimate of drug-likeness (QED) is 0.791. The van der Waals surface area contributed by atoms with Gasteiger partial charge in [-0.05, 0) is 32.2 Å². The molecular formula is C13H20N6. The summed E-state index contributed by atoms with van der Waals surface area (Å²) in [6.45, 7) is 1.000. The van der Waals surface area contributed by atoms with Crippen LogP contribution in [0.15, 0.2) is 12.5 Å². The van der Waals surface area contributed by atoms with Gasteiger partial charge in [-0.3, -0.25) is 9.78 Å². The number of fused-ring (bicyclic) bond motifs is 1. The number of aryl methyl sites for hydroxylation is 2. The van der Waals surface area contributed by atoms with Crippen LogP contribution in [0.4, 0.5) is 0 Å².